The van der Waals surface area contributed by atoms with Gasteiger partial charge in [0.1, 0.15) is 19.0 Å². The molecule has 0 spiro atoms. The predicted octanol–water partition coefficient (Wildman–Crippen LogP) is 2.04. The van der Waals surface area contributed by atoms with Crippen LogP contribution in [0.3, 0.4) is 0 Å². The largest absolute Gasteiger partial charge is 0.497 e. The van der Waals surface area contributed by atoms with Crippen LogP contribution in [0.5, 0.6) is 17.2 Å². The number of benzene rings is 1. The molecule has 7 nitrogen and oxygen atoms in total. The molecular weight excluding hydrogens is 356 g/mol. The quantitative estimate of drug-likeness (QED) is 0.813. The van der Waals surface area contributed by atoms with Gasteiger partial charge < -0.3 is 14.2 Å². The van der Waals surface area contributed by atoms with Crippen LogP contribution in [-0.2, 0) is 10.0 Å². The first-order valence-electron chi connectivity index (χ1n) is 8.47. The van der Waals surface area contributed by atoms with Gasteiger partial charge in [-0.15, -0.1) is 0 Å². The van der Waals surface area contributed by atoms with Crippen molar-refractivity contribution in [2.75, 3.05) is 33.4 Å². The molecule has 0 aliphatic carbocycles. The van der Waals surface area contributed by atoms with E-state index in [0.717, 1.165) is 17.9 Å². The van der Waals surface area contributed by atoms with Gasteiger partial charge in [-0.05, 0) is 24.6 Å². The van der Waals surface area contributed by atoms with Gasteiger partial charge in [-0.25, -0.2) is 8.42 Å². The van der Waals surface area contributed by atoms with Crippen LogP contribution in [0.4, 0.5) is 0 Å². The second-order valence-corrected chi connectivity index (χ2v) is 8.21. The van der Waals surface area contributed by atoms with Crippen LogP contribution < -0.4 is 14.2 Å². The van der Waals surface area contributed by atoms with Crippen molar-refractivity contribution in [1.82, 2.24) is 9.29 Å². The Labute approximate surface area is 152 Å². The van der Waals surface area contributed by atoms with Crippen molar-refractivity contribution < 1.29 is 22.6 Å². The lowest BCUT2D eigenvalue weighted by atomic mass is 10.0. The molecule has 1 unspecified atom stereocenters. The summed E-state index contributed by atoms with van der Waals surface area (Å²) in [7, 11) is -1.99. The van der Waals surface area contributed by atoms with E-state index in [-0.39, 0.29) is 10.8 Å². The van der Waals surface area contributed by atoms with Gasteiger partial charge >= 0.3 is 0 Å². The highest BCUT2D eigenvalue weighted by Crippen LogP contribution is 2.35. The molecule has 138 valence electrons. The number of pyridine rings is 1. The Balaban J connectivity index is 1.55. The molecule has 1 aromatic carbocycles. The molecule has 0 radical (unpaired) electrons. The third-order valence-electron chi connectivity index (χ3n) is 4.71. The second kappa shape index (κ2) is 6.77. The van der Waals surface area contributed by atoms with Crippen LogP contribution in [-0.4, -0.2) is 51.1 Å². The first-order chi connectivity index (χ1) is 12.6. The highest BCUT2D eigenvalue weighted by molar-refractivity contribution is 7.89. The molecule has 2 aromatic rings. The van der Waals surface area contributed by atoms with E-state index in [0.29, 0.717) is 37.8 Å². The maximum Gasteiger partial charge on any atom is 0.243 e. The van der Waals surface area contributed by atoms with E-state index < -0.39 is 10.0 Å². The average molecular weight is 376 g/mol. The summed E-state index contributed by atoms with van der Waals surface area (Å²) in [6.45, 7) is 1.75. The topological polar surface area (TPSA) is 78.0 Å². The molecule has 0 amide bonds. The lowest BCUT2D eigenvalue weighted by Gasteiger charge is -2.21. The summed E-state index contributed by atoms with van der Waals surface area (Å²) < 4.78 is 43.7. The van der Waals surface area contributed by atoms with Gasteiger partial charge in [-0.2, -0.15) is 4.31 Å². The Bertz CT molecular complexity index is 916. The van der Waals surface area contributed by atoms with Gasteiger partial charge in [0.15, 0.2) is 11.5 Å². The third kappa shape index (κ3) is 3.10. The maximum absolute atomic E-state index is 13.0. The van der Waals surface area contributed by atoms with Gasteiger partial charge in [0.25, 0.3) is 0 Å². The number of nitrogens with zero attached hydrogens (tertiary/aromatic N) is 2. The number of hydrogen-bond acceptors (Lipinski definition) is 6. The normalized spacial score (nSPS) is 20.1. The van der Waals surface area contributed by atoms with Crippen molar-refractivity contribution in [3.8, 4) is 17.2 Å². The lowest BCUT2D eigenvalue weighted by molar-refractivity contribution is 0.171. The lowest BCUT2D eigenvalue weighted by Crippen LogP contribution is -2.29. The van der Waals surface area contributed by atoms with Gasteiger partial charge in [0, 0.05) is 43.0 Å². The van der Waals surface area contributed by atoms with E-state index in [1.54, 1.807) is 37.6 Å². The molecule has 1 aromatic heterocycles. The maximum atomic E-state index is 13.0. The number of sulfonamides is 1. The fourth-order valence-corrected chi connectivity index (χ4v) is 4.82. The fourth-order valence-electron chi connectivity index (χ4n) is 3.30. The summed E-state index contributed by atoms with van der Waals surface area (Å²) in [5.41, 5.74) is 0.851. The summed E-state index contributed by atoms with van der Waals surface area (Å²) in [4.78, 5) is 4.60. The van der Waals surface area contributed by atoms with Crippen LogP contribution in [0.15, 0.2) is 41.4 Å². The summed E-state index contributed by atoms with van der Waals surface area (Å²) in [6.07, 6.45) is 2.41. The average Bonchev–Trinajstić information content (AvgIpc) is 3.19. The summed E-state index contributed by atoms with van der Waals surface area (Å²) >= 11 is 0. The standard InChI is InChI=1S/C18H20N2O5S/c1-23-14-4-6-19-16(10-14)13-5-7-20(12-13)26(21,22)15-2-3-17-18(11-15)25-9-8-24-17/h2-4,6,10-11,13H,5,7-9,12H2,1H3. The zero-order chi connectivity index (χ0) is 18.1. The summed E-state index contributed by atoms with van der Waals surface area (Å²) in [5, 5.41) is 0. The Hall–Kier alpha value is -2.32. The molecule has 3 heterocycles. The van der Waals surface area contributed by atoms with Crippen LogP contribution in [0.2, 0.25) is 0 Å². The van der Waals surface area contributed by atoms with Crippen molar-refractivity contribution in [2.24, 2.45) is 0 Å². The summed E-state index contributed by atoms with van der Waals surface area (Å²) in [5.74, 6) is 1.83. The second-order valence-electron chi connectivity index (χ2n) is 6.27. The zero-order valence-corrected chi connectivity index (χ0v) is 15.2. The van der Waals surface area contributed by atoms with Crippen molar-refractivity contribution in [3.63, 3.8) is 0 Å². The minimum absolute atomic E-state index is 0.0529. The molecule has 0 N–H and O–H groups in total. The Kier molecular flexibility index (Phi) is 4.46. The van der Waals surface area contributed by atoms with Gasteiger partial charge in [-0.3, -0.25) is 4.98 Å². The first-order valence-corrected chi connectivity index (χ1v) is 9.91. The van der Waals surface area contributed by atoms with Gasteiger partial charge in [0.05, 0.1) is 12.0 Å². The summed E-state index contributed by atoms with van der Waals surface area (Å²) in [6, 6.07) is 8.41. The van der Waals surface area contributed by atoms with Gasteiger partial charge in [-0.1, -0.05) is 0 Å². The Morgan fingerprint density at radius 1 is 1.15 bits per heavy atom. The third-order valence-corrected chi connectivity index (χ3v) is 6.57. The SMILES string of the molecule is COc1ccnc(C2CCN(S(=O)(=O)c3ccc4c(c3)OCCO4)C2)c1. The van der Waals surface area contributed by atoms with Crippen molar-refractivity contribution in [3.05, 3.63) is 42.2 Å². The van der Waals surface area contributed by atoms with E-state index in [4.69, 9.17) is 14.2 Å². The molecule has 1 saturated heterocycles. The molecule has 4 rings (SSSR count). The van der Waals surface area contributed by atoms with Crippen molar-refractivity contribution in [2.45, 2.75) is 17.2 Å². The number of hydrogen-bond donors (Lipinski definition) is 0. The molecule has 1 atom stereocenters. The highest BCUT2D eigenvalue weighted by atomic mass is 32.2. The highest BCUT2D eigenvalue weighted by Gasteiger charge is 2.34. The van der Waals surface area contributed by atoms with Crippen LogP contribution in [0.1, 0.15) is 18.0 Å². The number of methoxy groups -OCH3 is 1. The monoisotopic (exact) mass is 376 g/mol. The molecule has 0 bridgehead atoms. The number of ether oxygens (including phenoxy) is 3. The predicted molar refractivity (Wildman–Crippen MR) is 94.3 cm³/mol. The molecule has 2 aliphatic heterocycles. The smallest absolute Gasteiger partial charge is 0.243 e. The minimum atomic E-state index is -3.59. The number of aromatic nitrogens is 1. The fraction of sp³-hybridized carbons (Fsp3) is 0.389. The van der Waals surface area contributed by atoms with Gasteiger partial charge in [0.2, 0.25) is 10.0 Å². The van der Waals surface area contributed by atoms with E-state index in [2.05, 4.69) is 4.98 Å². The number of rotatable bonds is 4. The molecule has 1 fully saturated rings. The van der Waals surface area contributed by atoms with E-state index in [1.165, 1.54) is 4.31 Å². The van der Waals surface area contributed by atoms with E-state index >= 15 is 0 Å². The van der Waals surface area contributed by atoms with E-state index in [9.17, 15) is 8.42 Å². The molecule has 2 aliphatic rings. The van der Waals surface area contributed by atoms with Crippen LogP contribution in [0, 0.1) is 0 Å². The molecule has 8 heteroatoms. The van der Waals surface area contributed by atoms with E-state index in [1.807, 2.05) is 6.07 Å². The zero-order valence-electron chi connectivity index (χ0n) is 14.4. The Morgan fingerprint density at radius 2 is 1.96 bits per heavy atom. The molecule has 26 heavy (non-hydrogen) atoms. The van der Waals surface area contributed by atoms with Crippen LogP contribution >= 0.6 is 0 Å². The van der Waals surface area contributed by atoms with Crippen LogP contribution in [0.25, 0.3) is 0 Å². The minimum Gasteiger partial charge on any atom is -0.497 e. The number of fused-ring (bicyclic) bond motifs is 1. The Morgan fingerprint density at radius 3 is 2.77 bits per heavy atom. The van der Waals surface area contributed by atoms with Crippen molar-refractivity contribution in [1.29, 1.82) is 0 Å². The molecular formula is C18H20N2O5S. The van der Waals surface area contributed by atoms with Crippen molar-refractivity contribution >= 4 is 10.0 Å². The first kappa shape index (κ1) is 17.1. The molecule has 0 saturated carbocycles.